The Labute approximate surface area is 125 Å². The third-order valence-electron chi connectivity index (χ3n) is 3.81. The van der Waals surface area contributed by atoms with Crippen molar-refractivity contribution in [3.05, 3.63) is 29.8 Å². The van der Waals surface area contributed by atoms with Crippen molar-refractivity contribution in [3.8, 4) is 0 Å². The predicted molar refractivity (Wildman–Crippen MR) is 90.4 cm³/mol. The van der Waals surface area contributed by atoms with Crippen molar-refractivity contribution < 1.29 is 0 Å². The summed E-state index contributed by atoms with van der Waals surface area (Å²) in [7, 11) is 0. The first-order chi connectivity index (χ1) is 9.63. The van der Waals surface area contributed by atoms with Gasteiger partial charge in [0.05, 0.1) is 0 Å². The van der Waals surface area contributed by atoms with Gasteiger partial charge in [0.2, 0.25) is 0 Å². The van der Waals surface area contributed by atoms with Gasteiger partial charge in [-0.25, -0.2) is 0 Å². The highest BCUT2D eigenvalue weighted by Gasteiger charge is 2.19. The van der Waals surface area contributed by atoms with Crippen molar-refractivity contribution in [1.29, 1.82) is 0 Å². The molecule has 0 saturated heterocycles. The standard InChI is InChI=1S/C18H32N2/c1-6-17(7-2)20(14-15(4)5)18-12-10-9-11-16(18)13-19-8-3/h9-12,15,17,19H,6-8,13-14H2,1-5H3. The summed E-state index contributed by atoms with van der Waals surface area (Å²) >= 11 is 0. The Morgan fingerprint density at radius 1 is 1.05 bits per heavy atom. The minimum atomic E-state index is 0.639. The fraction of sp³-hybridized carbons (Fsp3) is 0.667. The molecule has 2 heteroatoms. The van der Waals surface area contributed by atoms with E-state index in [0.29, 0.717) is 12.0 Å². The van der Waals surface area contributed by atoms with Crippen molar-refractivity contribution in [2.24, 2.45) is 5.92 Å². The first kappa shape index (κ1) is 17.0. The Hall–Kier alpha value is -1.02. The molecule has 1 N–H and O–H groups in total. The minimum Gasteiger partial charge on any atom is -0.368 e. The molecule has 1 rings (SSSR count). The van der Waals surface area contributed by atoms with E-state index in [0.717, 1.165) is 19.6 Å². The van der Waals surface area contributed by atoms with Crippen molar-refractivity contribution in [2.45, 2.75) is 60.0 Å². The van der Waals surface area contributed by atoms with Crippen LogP contribution in [0.3, 0.4) is 0 Å². The summed E-state index contributed by atoms with van der Waals surface area (Å²) in [5, 5.41) is 3.46. The zero-order chi connectivity index (χ0) is 15.0. The molecule has 0 unspecified atom stereocenters. The Morgan fingerprint density at radius 3 is 2.25 bits per heavy atom. The molecular formula is C18H32N2. The van der Waals surface area contributed by atoms with Crippen LogP contribution in [0.25, 0.3) is 0 Å². The van der Waals surface area contributed by atoms with Crippen molar-refractivity contribution >= 4 is 5.69 Å². The predicted octanol–water partition coefficient (Wildman–Crippen LogP) is 4.45. The van der Waals surface area contributed by atoms with Crippen LogP contribution in [0.1, 0.15) is 53.0 Å². The fourth-order valence-electron chi connectivity index (χ4n) is 2.77. The molecule has 2 nitrogen and oxygen atoms in total. The zero-order valence-electron chi connectivity index (χ0n) is 13.9. The second-order valence-electron chi connectivity index (χ2n) is 5.93. The van der Waals surface area contributed by atoms with Crippen LogP contribution in [0.2, 0.25) is 0 Å². The Kier molecular flexibility index (Phi) is 7.68. The van der Waals surface area contributed by atoms with Gasteiger partial charge >= 0.3 is 0 Å². The van der Waals surface area contributed by atoms with Gasteiger partial charge in [-0.1, -0.05) is 52.8 Å². The van der Waals surface area contributed by atoms with Crippen LogP contribution in [-0.4, -0.2) is 19.1 Å². The lowest BCUT2D eigenvalue weighted by molar-refractivity contribution is 0.505. The van der Waals surface area contributed by atoms with E-state index in [2.05, 4.69) is 69.1 Å². The van der Waals surface area contributed by atoms with Gasteiger partial charge in [0.1, 0.15) is 0 Å². The molecule has 0 spiro atoms. The van der Waals surface area contributed by atoms with E-state index in [-0.39, 0.29) is 0 Å². The van der Waals surface area contributed by atoms with Gasteiger partial charge in [-0.2, -0.15) is 0 Å². The molecule has 0 fully saturated rings. The van der Waals surface area contributed by atoms with Crippen LogP contribution < -0.4 is 10.2 Å². The van der Waals surface area contributed by atoms with Gasteiger partial charge in [0, 0.05) is 24.8 Å². The molecule has 1 aromatic rings. The molecule has 0 bridgehead atoms. The number of anilines is 1. The van der Waals surface area contributed by atoms with Crippen LogP contribution >= 0.6 is 0 Å². The summed E-state index contributed by atoms with van der Waals surface area (Å²) in [6.45, 7) is 14.5. The number of hydrogen-bond donors (Lipinski definition) is 1. The molecule has 0 aromatic heterocycles. The quantitative estimate of drug-likeness (QED) is 0.717. The summed E-state index contributed by atoms with van der Waals surface area (Å²) in [4.78, 5) is 2.62. The van der Waals surface area contributed by atoms with Crippen molar-refractivity contribution in [1.82, 2.24) is 5.32 Å². The Bertz CT molecular complexity index is 369. The third-order valence-corrected chi connectivity index (χ3v) is 3.81. The monoisotopic (exact) mass is 276 g/mol. The second-order valence-corrected chi connectivity index (χ2v) is 5.93. The maximum absolute atomic E-state index is 3.46. The number of para-hydroxylation sites is 1. The van der Waals surface area contributed by atoms with Crippen LogP contribution in [0, 0.1) is 5.92 Å². The molecule has 20 heavy (non-hydrogen) atoms. The normalized spacial score (nSPS) is 11.3. The van der Waals surface area contributed by atoms with Gasteiger partial charge in [0.25, 0.3) is 0 Å². The number of nitrogens with one attached hydrogen (secondary N) is 1. The van der Waals surface area contributed by atoms with Crippen LogP contribution in [-0.2, 0) is 6.54 Å². The maximum Gasteiger partial charge on any atom is 0.0414 e. The summed E-state index contributed by atoms with van der Waals surface area (Å²) in [6, 6.07) is 9.50. The van der Waals surface area contributed by atoms with Crippen molar-refractivity contribution in [2.75, 3.05) is 18.0 Å². The van der Waals surface area contributed by atoms with E-state index >= 15 is 0 Å². The molecule has 114 valence electrons. The molecule has 0 aliphatic carbocycles. The van der Waals surface area contributed by atoms with Crippen LogP contribution in [0.15, 0.2) is 24.3 Å². The summed E-state index contributed by atoms with van der Waals surface area (Å²) in [5.41, 5.74) is 2.83. The lowest BCUT2D eigenvalue weighted by atomic mass is 10.0. The molecule has 0 heterocycles. The highest BCUT2D eigenvalue weighted by molar-refractivity contribution is 5.54. The van der Waals surface area contributed by atoms with Gasteiger partial charge < -0.3 is 10.2 Å². The molecule has 0 amide bonds. The van der Waals surface area contributed by atoms with Crippen LogP contribution in [0.4, 0.5) is 5.69 Å². The summed E-state index contributed by atoms with van der Waals surface area (Å²) in [5.74, 6) is 0.683. The number of rotatable bonds is 9. The van der Waals surface area contributed by atoms with Crippen molar-refractivity contribution in [3.63, 3.8) is 0 Å². The topological polar surface area (TPSA) is 15.3 Å². The lowest BCUT2D eigenvalue weighted by Gasteiger charge is -2.35. The smallest absolute Gasteiger partial charge is 0.0414 e. The summed E-state index contributed by atoms with van der Waals surface area (Å²) in [6.07, 6.45) is 2.41. The van der Waals surface area contributed by atoms with Crippen LogP contribution in [0.5, 0.6) is 0 Å². The highest BCUT2D eigenvalue weighted by Crippen LogP contribution is 2.26. The molecule has 0 radical (unpaired) electrons. The third kappa shape index (κ3) is 4.82. The maximum atomic E-state index is 3.46. The van der Waals surface area contributed by atoms with E-state index in [1.807, 2.05) is 0 Å². The van der Waals surface area contributed by atoms with Gasteiger partial charge in [-0.05, 0) is 36.9 Å². The van der Waals surface area contributed by atoms with E-state index < -0.39 is 0 Å². The van der Waals surface area contributed by atoms with Gasteiger partial charge in [0.15, 0.2) is 0 Å². The second kappa shape index (κ2) is 9.02. The minimum absolute atomic E-state index is 0.639. The molecule has 0 aliphatic heterocycles. The van der Waals surface area contributed by atoms with E-state index in [4.69, 9.17) is 0 Å². The molecule has 0 saturated carbocycles. The molecule has 0 atom stereocenters. The number of hydrogen-bond acceptors (Lipinski definition) is 2. The lowest BCUT2D eigenvalue weighted by Crippen LogP contribution is -2.38. The summed E-state index contributed by atoms with van der Waals surface area (Å²) < 4.78 is 0. The van der Waals surface area contributed by atoms with Gasteiger partial charge in [-0.15, -0.1) is 0 Å². The largest absolute Gasteiger partial charge is 0.368 e. The average molecular weight is 276 g/mol. The van der Waals surface area contributed by atoms with E-state index in [9.17, 15) is 0 Å². The first-order valence-electron chi connectivity index (χ1n) is 8.19. The average Bonchev–Trinajstić information content (AvgIpc) is 2.45. The Morgan fingerprint density at radius 2 is 1.70 bits per heavy atom. The number of benzene rings is 1. The fourth-order valence-corrected chi connectivity index (χ4v) is 2.77. The zero-order valence-corrected chi connectivity index (χ0v) is 13.9. The molecular weight excluding hydrogens is 244 g/mol. The Balaban J connectivity index is 3.05. The van der Waals surface area contributed by atoms with E-state index in [1.165, 1.54) is 24.1 Å². The molecule has 0 aliphatic rings. The number of nitrogens with zero attached hydrogens (tertiary/aromatic N) is 1. The van der Waals surface area contributed by atoms with E-state index in [1.54, 1.807) is 0 Å². The van der Waals surface area contributed by atoms with Gasteiger partial charge in [-0.3, -0.25) is 0 Å². The molecule has 1 aromatic carbocycles. The highest BCUT2D eigenvalue weighted by atomic mass is 15.2. The first-order valence-corrected chi connectivity index (χ1v) is 8.19. The SMILES string of the molecule is CCNCc1ccccc1N(CC(C)C)C(CC)CC.